The first-order chi connectivity index (χ1) is 17.4. The van der Waals surface area contributed by atoms with Crippen molar-refractivity contribution in [2.75, 3.05) is 13.1 Å². The largest absolute Gasteiger partial charge is 0.445 e. The van der Waals surface area contributed by atoms with Crippen LogP contribution in [0.2, 0.25) is 10.0 Å². The zero-order chi connectivity index (χ0) is 26.8. The highest BCUT2D eigenvalue weighted by Crippen LogP contribution is 2.37. The Labute approximate surface area is 220 Å². The molecule has 0 unspecified atom stereocenters. The van der Waals surface area contributed by atoms with Crippen molar-refractivity contribution in [3.8, 4) is 0 Å². The Morgan fingerprint density at radius 3 is 2.11 bits per heavy atom. The highest BCUT2D eigenvalue weighted by molar-refractivity contribution is 6.35. The Kier molecular flexibility index (Phi) is 7.64. The van der Waals surface area contributed by atoms with Crippen molar-refractivity contribution in [2.45, 2.75) is 18.4 Å². The van der Waals surface area contributed by atoms with E-state index < -0.39 is 29.2 Å². The van der Waals surface area contributed by atoms with Crippen LogP contribution in [0.3, 0.4) is 0 Å². The summed E-state index contributed by atoms with van der Waals surface area (Å²) in [6.07, 6.45) is -4.92. The van der Waals surface area contributed by atoms with Gasteiger partial charge in [-0.2, -0.15) is 13.2 Å². The Bertz CT molecular complexity index is 1320. The molecule has 1 amide bonds. The fraction of sp³-hybridized carbons (Fsp3) is 0.185. The molecule has 1 heterocycles. The van der Waals surface area contributed by atoms with Crippen LogP contribution in [0, 0.1) is 0 Å². The number of amides is 1. The van der Waals surface area contributed by atoms with E-state index in [1.807, 2.05) is 30.3 Å². The van der Waals surface area contributed by atoms with Gasteiger partial charge in [0.25, 0.3) is 0 Å². The van der Waals surface area contributed by atoms with E-state index in [0.29, 0.717) is 11.6 Å². The Morgan fingerprint density at radius 2 is 1.54 bits per heavy atom. The molecule has 37 heavy (non-hydrogen) atoms. The second kappa shape index (κ2) is 10.6. The van der Waals surface area contributed by atoms with E-state index in [4.69, 9.17) is 27.9 Å². The van der Waals surface area contributed by atoms with Gasteiger partial charge in [-0.1, -0.05) is 77.8 Å². The molecule has 4 rings (SSSR count). The number of ketones is 1. The Hall–Kier alpha value is -3.33. The quantitative estimate of drug-likeness (QED) is 0.275. The summed E-state index contributed by atoms with van der Waals surface area (Å²) in [5.74, 6) is -0.887. The lowest BCUT2D eigenvalue weighted by Gasteiger charge is -2.45. The molecule has 0 atom stereocenters. The first-order valence-corrected chi connectivity index (χ1v) is 11.8. The molecule has 5 nitrogen and oxygen atoms in total. The van der Waals surface area contributed by atoms with Gasteiger partial charge in [0.2, 0.25) is 0 Å². The van der Waals surface area contributed by atoms with Gasteiger partial charge in [-0.15, -0.1) is 0 Å². The summed E-state index contributed by atoms with van der Waals surface area (Å²) in [5, 5.41) is 10.9. The molecule has 0 spiro atoms. The first-order valence-electron chi connectivity index (χ1n) is 11.0. The van der Waals surface area contributed by atoms with Gasteiger partial charge in [0.1, 0.15) is 12.2 Å². The maximum atomic E-state index is 13.7. The lowest BCUT2D eigenvalue weighted by atomic mass is 9.86. The number of halogens is 5. The predicted molar refractivity (Wildman–Crippen MR) is 133 cm³/mol. The van der Waals surface area contributed by atoms with Crippen LogP contribution >= 0.6 is 23.2 Å². The van der Waals surface area contributed by atoms with E-state index in [1.54, 1.807) is 0 Å². The van der Waals surface area contributed by atoms with E-state index in [-0.39, 0.29) is 40.9 Å². The maximum Gasteiger partial charge on any atom is 0.417 e. The summed E-state index contributed by atoms with van der Waals surface area (Å²) in [4.78, 5) is 26.2. The summed E-state index contributed by atoms with van der Waals surface area (Å²) in [6, 6.07) is 18.1. The third-order valence-electron chi connectivity index (χ3n) is 5.83. The van der Waals surface area contributed by atoms with Crippen molar-refractivity contribution in [3.63, 3.8) is 0 Å². The van der Waals surface area contributed by atoms with Crippen molar-refractivity contribution in [3.05, 3.63) is 111 Å². The van der Waals surface area contributed by atoms with Gasteiger partial charge < -0.3 is 14.7 Å². The summed E-state index contributed by atoms with van der Waals surface area (Å²) >= 11 is 11.7. The third-order valence-corrected chi connectivity index (χ3v) is 6.27. The monoisotopic (exact) mass is 549 g/mol. The number of nitrogens with zero attached hydrogens (tertiary/aromatic N) is 1. The summed E-state index contributed by atoms with van der Waals surface area (Å²) in [6.45, 7) is 0.0450. The minimum atomic E-state index is -4.83. The van der Waals surface area contributed by atoms with Gasteiger partial charge in [0.15, 0.2) is 5.78 Å². The van der Waals surface area contributed by atoms with Crippen molar-refractivity contribution in [2.24, 2.45) is 0 Å². The van der Waals surface area contributed by atoms with E-state index >= 15 is 0 Å². The van der Waals surface area contributed by atoms with Crippen LogP contribution in [0.25, 0.3) is 5.57 Å². The van der Waals surface area contributed by atoms with E-state index in [2.05, 4.69) is 0 Å². The topological polar surface area (TPSA) is 66.8 Å². The molecular formula is C27H20Cl2F3NO4. The molecule has 1 N–H and O–H groups in total. The van der Waals surface area contributed by atoms with E-state index in [1.165, 1.54) is 35.2 Å². The lowest BCUT2D eigenvalue weighted by molar-refractivity contribution is -0.0949. The number of β-amino-alcohol motifs (C(OH)–C–C–N with tert-alkyl or cyclic N) is 1. The number of hydrogen-bond acceptors (Lipinski definition) is 4. The SMILES string of the molecule is O=C(/C=C(/c1cc(Cl)cc(Cl)c1)C(F)(F)F)c1ccc(C2(O)CN(C(=O)OCc3ccccc3)C2)cc1. The third kappa shape index (κ3) is 6.33. The van der Waals surface area contributed by atoms with Crippen LogP contribution in [0.4, 0.5) is 18.0 Å². The van der Waals surface area contributed by atoms with Crippen LogP contribution in [-0.4, -0.2) is 41.1 Å². The maximum absolute atomic E-state index is 13.7. The number of aliphatic hydroxyl groups is 1. The number of hydrogen-bond donors (Lipinski definition) is 1. The van der Waals surface area contributed by atoms with Crippen LogP contribution < -0.4 is 0 Å². The normalized spacial score (nSPS) is 15.2. The molecule has 0 aromatic heterocycles. The highest BCUT2D eigenvalue weighted by Gasteiger charge is 2.45. The lowest BCUT2D eigenvalue weighted by Crippen LogP contribution is -2.61. The highest BCUT2D eigenvalue weighted by atomic mass is 35.5. The molecule has 10 heteroatoms. The average molecular weight is 550 g/mol. The van der Waals surface area contributed by atoms with Gasteiger partial charge in [0, 0.05) is 15.6 Å². The minimum absolute atomic E-state index is 0.00110. The number of benzene rings is 3. The van der Waals surface area contributed by atoms with Gasteiger partial charge in [-0.25, -0.2) is 4.79 Å². The van der Waals surface area contributed by atoms with Crippen LogP contribution in [0.1, 0.15) is 27.0 Å². The number of carbonyl (C=O) groups excluding carboxylic acids is 2. The van der Waals surface area contributed by atoms with E-state index in [9.17, 15) is 27.9 Å². The second-order valence-corrected chi connectivity index (χ2v) is 9.46. The number of alkyl halides is 3. The minimum Gasteiger partial charge on any atom is -0.445 e. The molecule has 1 aliphatic heterocycles. The number of rotatable bonds is 6. The van der Waals surface area contributed by atoms with Crippen molar-refractivity contribution in [1.82, 2.24) is 4.90 Å². The van der Waals surface area contributed by atoms with Gasteiger partial charge in [0.05, 0.1) is 18.7 Å². The number of carbonyl (C=O) groups is 2. The number of ether oxygens (including phenoxy) is 1. The van der Waals surface area contributed by atoms with Crippen molar-refractivity contribution in [1.29, 1.82) is 0 Å². The second-order valence-electron chi connectivity index (χ2n) is 8.58. The zero-order valence-electron chi connectivity index (χ0n) is 19.1. The van der Waals surface area contributed by atoms with Crippen LogP contribution in [-0.2, 0) is 16.9 Å². The molecule has 0 bridgehead atoms. The predicted octanol–water partition coefficient (Wildman–Crippen LogP) is 6.66. The fourth-order valence-corrected chi connectivity index (χ4v) is 4.43. The van der Waals surface area contributed by atoms with Gasteiger partial charge >= 0.3 is 12.3 Å². The summed E-state index contributed by atoms with van der Waals surface area (Å²) < 4.78 is 46.3. The molecule has 1 fully saturated rings. The van der Waals surface area contributed by atoms with E-state index in [0.717, 1.165) is 17.7 Å². The summed E-state index contributed by atoms with van der Waals surface area (Å²) in [7, 11) is 0. The van der Waals surface area contributed by atoms with Crippen molar-refractivity contribution < 1.29 is 32.6 Å². The smallest absolute Gasteiger partial charge is 0.417 e. The molecule has 1 aliphatic rings. The Morgan fingerprint density at radius 1 is 0.946 bits per heavy atom. The molecule has 0 aliphatic carbocycles. The molecule has 3 aromatic carbocycles. The number of likely N-dealkylation sites (tertiary alicyclic amines) is 1. The fourth-order valence-electron chi connectivity index (χ4n) is 3.90. The molecule has 3 aromatic rings. The van der Waals surface area contributed by atoms with Crippen molar-refractivity contribution >= 4 is 40.7 Å². The van der Waals surface area contributed by atoms with Crippen LogP contribution in [0.5, 0.6) is 0 Å². The van der Waals surface area contributed by atoms with Crippen LogP contribution in [0.15, 0.2) is 78.9 Å². The number of allylic oxidation sites excluding steroid dienone is 2. The molecule has 192 valence electrons. The molecule has 0 radical (unpaired) electrons. The first kappa shape index (κ1) is 26.7. The Balaban J connectivity index is 1.43. The summed E-state index contributed by atoms with van der Waals surface area (Å²) in [5.41, 5.74) is -1.66. The molecule has 1 saturated heterocycles. The van der Waals surface area contributed by atoms with Gasteiger partial charge in [-0.3, -0.25) is 4.79 Å². The molecular weight excluding hydrogens is 530 g/mol. The molecule has 0 saturated carbocycles. The standard InChI is InChI=1S/C27H20Cl2F3NO4/c28-21-10-19(11-22(29)12-21)23(27(30,31)32)13-24(34)18-6-8-20(9-7-18)26(36)15-33(16-26)25(35)37-14-17-4-2-1-3-5-17/h1-13,36H,14-16H2/b23-13-. The van der Waals surface area contributed by atoms with Gasteiger partial charge in [-0.05, 0) is 41.0 Å². The average Bonchev–Trinajstić information content (AvgIpc) is 2.83. The zero-order valence-corrected chi connectivity index (χ0v) is 20.6.